The number of aliphatic hydroxyl groups is 1. The molecule has 2 atom stereocenters. The minimum atomic E-state index is -1.32. The SMILES string of the molecule is CN(C)C(=O)[C@]1(Cc2ccccc2Br)N=C(c2ccc(OCCCO)cc2)O[C@@H]1c1ccc(Cl)cc1Cl. The number of carbonyl (C=O) groups is 1. The normalized spacial score (nSPS) is 18.8. The van der Waals surface area contributed by atoms with Crippen LogP contribution in [0.4, 0.5) is 0 Å². The number of rotatable bonds is 9. The maximum atomic E-state index is 13.9. The molecule has 9 heteroatoms. The first-order valence-electron chi connectivity index (χ1n) is 11.8. The highest BCUT2D eigenvalue weighted by Crippen LogP contribution is 2.46. The Hall–Kier alpha value is -2.58. The fourth-order valence-electron chi connectivity index (χ4n) is 4.28. The lowest BCUT2D eigenvalue weighted by atomic mass is 9.81. The smallest absolute Gasteiger partial charge is 0.254 e. The zero-order valence-electron chi connectivity index (χ0n) is 20.5. The maximum Gasteiger partial charge on any atom is 0.254 e. The van der Waals surface area contributed by atoms with E-state index in [2.05, 4.69) is 15.9 Å². The Bertz CT molecular complexity index is 1300. The maximum absolute atomic E-state index is 13.9. The second-order valence-electron chi connectivity index (χ2n) is 8.92. The minimum Gasteiger partial charge on any atom is -0.494 e. The van der Waals surface area contributed by atoms with Crippen molar-refractivity contribution in [3.8, 4) is 5.75 Å². The van der Waals surface area contributed by atoms with E-state index in [1.807, 2.05) is 48.5 Å². The van der Waals surface area contributed by atoms with Gasteiger partial charge in [-0.2, -0.15) is 0 Å². The largest absolute Gasteiger partial charge is 0.494 e. The van der Waals surface area contributed by atoms with E-state index in [1.54, 1.807) is 32.3 Å². The lowest BCUT2D eigenvalue weighted by Crippen LogP contribution is -2.49. The zero-order valence-corrected chi connectivity index (χ0v) is 23.6. The van der Waals surface area contributed by atoms with Gasteiger partial charge in [0.1, 0.15) is 5.75 Å². The van der Waals surface area contributed by atoms with Gasteiger partial charge in [0.05, 0.1) is 6.61 Å². The van der Waals surface area contributed by atoms with Crippen LogP contribution in [0.15, 0.2) is 76.2 Å². The van der Waals surface area contributed by atoms with Crippen LogP contribution in [0.2, 0.25) is 10.0 Å². The van der Waals surface area contributed by atoms with Crippen molar-refractivity contribution in [3.63, 3.8) is 0 Å². The van der Waals surface area contributed by atoms with Gasteiger partial charge >= 0.3 is 0 Å². The molecule has 4 rings (SSSR count). The molecule has 3 aromatic carbocycles. The number of hydrogen-bond acceptors (Lipinski definition) is 5. The molecule has 6 nitrogen and oxygen atoms in total. The van der Waals surface area contributed by atoms with Crippen LogP contribution in [0.1, 0.15) is 29.2 Å². The summed E-state index contributed by atoms with van der Waals surface area (Å²) in [5.41, 5.74) is 0.909. The van der Waals surface area contributed by atoms with E-state index in [0.717, 1.165) is 10.0 Å². The Labute approximate surface area is 235 Å². The number of hydrogen-bond donors (Lipinski definition) is 1. The van der Waals surface area contributed by atoms with Crippen LogP contribution >= 0.6 is 39.1 Å². The standard InChI is InChI=1S/C28H27BrCl2N2O4/c1-33(2)27(35)28(17-19-6-3-4-7-23(19)29)25(22-13-10-20(30)16-24(22)31)37-26(32-28)18-8-11-21(12-9-18)36-15-5-14-34/h3-4,6-13,16,25,34H,5,14-15,17H2,1-2H3/t25-,28-/m1/s1. The van der Waals surface area contributed by atoms with E-state index in [-0.39, 0.29) is 18.9 Å². The fraction of sp³-hybridized carbons (Fsp3) is 0.286. The van der Waals surface area contributed by atoms with Crippen LogP contribution in [-0.4, -0.2) is 54.7 Å². The molecule has 0 spiro atoms. The van der Waals surface area contributed by atoms with Gasteiger partial charge in [-0.05, 0) is 48.0 Å². The number of likely N-dealkylation sites (N-methyl/N-ethyl adjacent to an activating group) is 1. The minimum absolute atomic E-state index is 0.0664. The molecule has 1 heterocycles. The van der Waals surface area contributed by atoms with Gasteiger partial charge in [-0.1, -0.05) is 63.4 Å². The highest BCUT2D eigenvalue weighted by atomic mass is 79.9. The second-order valence-corrected chi connectivity index (χ2v) is 10.6. The number of nitrogens with zero attached hydrogens (tertiary/aromatic N) is 2. The summed E-state index contributed by atoms with van der Waals surface area (Å²) >= 11 is 16.4. The van der Waals surface area contributed by atoms with Gasteiger partial charge in [0.2, 0.25) is 5.90 Å². The van der Waals surface area contributed by atoms with Gasteiger partial charge in [0.15, 0.2) is 11.6 Å². The predicted octanol–water partition coefficient (Wildman–Crippen LogP) is 6.10. The number of halogens is 3. The van der Waals surface area contributed by atoms with Crippen molar-refractivity contribution in [1.82, 2.24) is 4.90 Å². The summed E-state index contributed by atoms with van der Waals surface area (Å²) in [5.74, 6) is 0.787. The number of aliphatic hydroxyl groups excluding tert-OH is 1. The van der Waals surface area contributed by atoms with Crippen molar-refractivity contribution in [2.24, 2.45) is 4.99 Å². The molecule has 37 heavy (non-hydrogen) atoms. The fourth-order valence-corrected chi connectivity index (χ4v) is 5.21. The Morgan fingerprint density at radius 3 is 2.51 bits per heavy atom. The van der Waals surface area contributed by atoms with E-state index in [0.29, 0.717) is 45.8 Å². The average Bonchev–Trinajstić information content (AvgIpc) is 3.25. The lowest BCUT2D eigenvalue weighted by Gasteiger charge is -2.33. The van der Waals surface area contributed by atoms with Crippen LogP contribution in [0, 0.1) is 0 Å². The molecule has 0 aliphatic carbocycles. The van der Waals surface area contributed by atoms with E-state index < -0.39 is 11.6 Å². The summed E-state index contributed by atoms with van der Waals surface area (Å²) in [7, 11) is 3.41. The van der Waals surface area contributed by atoms with E-state index in [4.69, 9.17) is 42.8 Å². The van der Waals surface area contributed by atoms with Crippen molar-refractivity contribution < 1.29 is 19.4 Å². The first-order valence-corrected chi connectivity index (χ1v) is 13.3. The van der Waals surface area contributed by atoms with Crippen LogP contribution < -0.4 is 4.74 Å². The summed E-state index contributed by atoms with van der Waals surface area (Å²) in [5, 5.41) is 9.86. The molecule has 1 amide bonds. The first kappa shape index (κ1) is 27.5. The van der Waals surface area contributed by atoms with Crippen molar-refractivity contribution >= 4 is 50.9 Å². The molecular weight excluding hydrogens is 579 g/mol. The number of aliphatic imine (C=N–C) groups is 1. The van der Waals surface area contributed by atoms with Crippen molar-refractivity contribution in [2.75, 3.05) is 27.3 Å². The lowest BCUT2D eigenvalue weighted by molar-refractivity contribution is -0.137. The Balaban J connectivity index is 1.82. The Morgan fingerprint density at radius 1 is 1.14 bits per heavy atom. The van der Waals surface area contributed by atoms with Crippen LogP contribution in [0.3, 0.4) is 0 Å². The first-order chi connectivity index (χ1) is 17.7. The molecule has 194 valence electrons. The third kappa shape index (κ3) is 5.96. The van der Waals surface area contributed by atoms with Gasteiger partial charge < -0.3 is 19.5 Å². The monoisotopic (exact) mass is 604 g/mol. The molecule has 0 aromatic heterocycles. The predicted molar refractivity (Wildman–Crippen MR) is 150 cm³/mol. The van der Waals surface area contributed by atoms with Crippen LogP contribution in [0.25, 0.3) is 0 Å². The van der Waals surface area contributed by atoms with Crippen molar-refractivity contribution in [2.45, 2.75) is 24.5 Å². The number of carbonyl (C=O) groups excluding carboxylic acids is 1. The molecule has 1 aliphatic rings. The summed E-state index contributed by atoms with van der Waals surface area (Å²) in [6, 6.07) is 20.2. The Kier molecular flexibility index (Phi) is 8.80. The summed E-state index contributed by atoms with van der Waals surface area (Å²) in [6.45, 7) is 0.480. The van der Waals surface area contributed by atoms with Gasteiger partial charge in [-0.15, -0.1) is 0 Å². The molecule has 1 aliphatic heterocycles. The summed E-state index contributed by atoms with van der Waals surface area (Å²) in [4.78, 5) is 20.5. The molecule has 3 aromatic rings. The average molecular weight is 606 g/mol. The molecule has 0 radical (unpaired) electrons. The third-order valence-electron chi connectivity index (χ3n) is 6.08. The molecule has 0 bridgehead atoms. The van der Waals surface area contributed by atoms with Crippen LogP contribution in [0.5, 0.6) is 5.75 Å². The van der Waals surface area contributed by atoms with E-state index >= 15 is 0 Å². The van der Waals surface area contributed by atoms with Crippen molar-refractivity contribution in [3.05, 3.63) is 97.9 Å². The number of benzene rings is 3. The van der Waals surface area contributed by atoms with Gasteiger partial charge in [0, 0.05) is 59.2 Å². The quantitative estimate of drug-likeness (QED) is 0.299. The van der Waals surface area contributed by atoms with E-state index in [1.165, 1.54) is 4.90 Å². The Morgan fingerprint density at radius 2 is 1.86 bits per heavy atom. The third-order valence-corrected chi connectivity index (χ3v) is 7.41. The summed E-state index contributed by atoms with van der Waals surface area (Å²) in [6.07, 6.45) is 0.0291. The van der Waals surface area contributed by atoms with Gasteiger partial charge in [-0.25, -0.2) is 4.99 Å². The molecule has 0 fully saturated rings. The summed E-state index contributed by atoms with van der Waals surface area (Å²) < 4.78 is 13.0. The molecule has 0 saturated carbocycles. The number of ether oxygens (including phenoxy) is 2. The zero-order chi connectivity index (χ0) is 26.6. The molecule has 0 unspecified atom stereocenters. The topological polar surface area (TPSA) is 71.4 Å². The van der Waals surface area contributed by atoms with E-state index in [9.17, 15) is 4.79 Å². The molecular formula is C28H27BrCl2N2O4. The van der Waals surface area contributed by atoms with Gasteiger partial charge in [-0.3, -0.25) is 4.79 Å². The highest BCUT2D eigenvalue weighted by molar-refractivity contribution is 9.10. The van der Waals surface area contributed by atoms with Crippen molar-refractivity contribution in [1.29, 1.82) is 0 Å². The number of amides is 1. The molecule has 1 N–H and O–H groups in total. The van der Waals surface area contributed by atoms with Gasteiger partial charge in [0.25, 0.3) is 5.91 Å². The second kappa shape index (κ2) is 11.9. The highest BCUT2D eigenvalue weighted by Gasteiger charge is 2.54. The molecule has 0 saturated heterocycles. The van der Waals surface area contributed by atoms with Crippen LogP contribution in [-0.2, 0) is 16.0 Å².